The summed E-state index contributed by atoms with van der Waals surface area (Å²) < 4.78 is 37.5. The largest absolute Gasteiger partial charge is 0.315 e. The van der Waals surface area contributed by atoms with E-state index in [9.17, 15) is 12.8 Å². The topological polar surface area (TPSA) is 46.2 Å². The predicted octanol–water partition coefficient (Wildman–Crippen LogP) is 1.88. The van der Waals surface area contributed by atoms with Gasteiger partial charge in [-0.25, -0.2) is 12.8 Å². The lowest BCUT2D eigenvalue weighted by atomic mass is 9.73. The van der Waals surface area contributed by atoms with Crippen molar-refractivity contribution >= 4 is 9.84 Å². The Bertz CT molecular complexity index is 538. The monoisotopic (exact) mass is 285 g/mol. The average molecular weight is 285 g/mol. The highest BCUT2D eigenvalue weighted by Gasteiger charge is 2.40. The van der Waals surface area contributed by atoms with Gasteiger partial charge >= 0.3 is 0 Å². The van der Waals surface area contributed by atoms with Crippen LogP contribution < -0.4 is 5.32 Å². The minimum atomic E-state index is -3.01. The van der Waals surface area contributed by atoms with E-state index in [4.69, 9.17) is 0 Å². The molecule has 0 saturated carbocycles. The summed E-state index contributed by atoms with van der Waals surface area (Å²) in [5.41, 5.74) is 0.284. The maximum atomic E-state index is 13.9. The van der Waals surface area contributed by atoms with Gasteiger partial charge in [-0.2, -0.15) is 0 Å². The zero-order chi connectivity index (χ0) is 13.9. The van der Waals surface area contributed by atoms with Crippen LogP contribution in [0.4, 0.5) is 4.39 Å². The first kappa shape index (κ1) is 14.5. The van der Waals surface area contributed by atoms with Gasteiger partial charge in [-0.3, -0.25) is 0 Å². The van der Waals surface area contributed by atoms with Crippen molar-refractivity contribution in [3.05, 3.63) is 35.6 Å². The van der Waals surface area contributed by atoms with Gasteiger partial charge < -0.3 is 5.32 Å². The van der Waals surface area contributed by atoms with Gasteiger partial charge in [0.1, 0.15) is 15.7 Å². The molecule has 1 aromatic rings. The zero-order valence-electron chi connectivity index (χ0n) is 11.2. The van der Waals surface area contributed by atoms with Crippen LogP contribution in [0.15, 0.2) is 24.3 Å². The van der Waals surface area contributed by atoms with Crippen LogP contribution in [0.3, 0.4) is 0 Å². The molecule has 19 heavy (non-hydrogen) atoms. The molecule has 2 rings (SSSR count). The summed E-state index contributed by atoms with van der Waals surface area (Å²) in [5.74, 6) is 0.113. The first-order valence-corrected chi connectivity index (χ1v) is 8.47. The zero-order valence-corrected chi connectivity index (χ0v) is 12.0. The van der Waals surface area contributed by atoms with Crippen LogP contribution in [-0.4, -0.2) is 33.0 Å². The number of rotatable bonds is 6. The van der Waals surface area contributed by atoms with E-state index in [1.54, 1.807) is 18.2 Å². The van der Waals surface area contributed by atoms with Crippen molar-refractivity contribution in [2.24, 2.45) is 0 Å². The molecule has 0 radical (unpaired) electrons. The minimum Gasteiger partial charge on any atom is -0.315 e. The average Bonchev–Trinajstić information content (AvgIpc) is 2.29. The quantitative estimate of drug-likeness (QED) is 0.868. The molecule has 1 aliphatic rings. The fraction of sp³-hybridized carbons (Fsp3) is 0.571. The lowest BCUT2D eigenvalue weighted by Gasteiger charge is -2.43. The lowest BCUT2D eigenvalue weighted by molar-refractivity contribution is 0.259. The van der Waals surface area contributed by atoms with Crippen molar-refractivity contribution in [2.45, 2.75) is 25.2 Å². The van der Waals surface area contributed by atoms with Crippen molar-refractivity contribution < 1.29 is 12.8 Å². The van der Waals surface area contributed by atoms with Gasteiger partial charge in [-0.1, -0.05) is 25.1 Å². The molecule has 0 spiro atoms. The van der Waals surface area contributed by atoms with Crippen molar-refractivity contribution in [1.82, 2.24) is 5.32 Å². The summed E-state index contributed by atoms with van der Waals surface area (Å²) in [6.07, 6.45) is 1.12. The fourth-order valence-electron chi connectivity index (χ4n) is 2.58. The number of hydrogen-bond acceptors (Lipinski definition) is 3. The minimum absolute atomic E-state index is 0.136. The second kappa shape index (κ2) is 5.59. The van der Waals surface area contributed by atoms with Gasteiger partial charge in [0.05, 0.1) is 5.75 Å². The Morgan fingerprint density at radius 1 is 1.26 bits per heavy atom. The molecular formula is C14H20FNO2S. The summed E-state index contributed by atoms with van der Waals surface area (Å²) in [6.45, 7) is 3.15. The fourth-order valence-corrected chi connectivity index (χ4v) is 4.11. The first-order chi connectivity index (χ1) is 8.99. The summed E-state index contributed by atoms with van der Waals surface area (Å²) >= 11 is 0. The SMILES string of the molecule is CCCS(=O)(=O)CCC1(c2ccccc2F)CNC1. The third-order valence-corrected chi connectivity index (χ3v) is 5.64. The van der Waals surface area contributed by atoms with Crippen LogP contribution in [0.25, 0.3) is 0 Å². The van der Waals surface area contributed by atoms with E-state index in [1.165, 1.54) is 6.07 Å². The molecule has 1 heterocycles. The highest BCUT2D eigenvalue weighted by molar-refractivity contribution is 7.91. The third-order valence-electron chi connectivity index (χ3n) is 3.78. The molecule has 1 saturated heterocycles. The maximum Gasteiger partial charge on any atom is 0.150 e. The van der Waals surface area contributed by atoms with Crippen LogP contribution in [0.5, 0.6) is 0 Å². The van der Waals surface area contributed by atoms with E-state index >= 15 is 0 Å². The summed E-state index contributed by atoms with van der Waals surface area (Å²) in [6, 6.07) is 6.67. The lowest BCUT2D eigenvalue weighted by Crippen LogP contribution is -2.57. The van der Waals surface area contributed by atoms with E-state index in [2.05, 4.69) is 5.32 Å². The number of nitrogens with one attached hydrogen (secondary N) is 1. The van der Waals surface area contributed by atoms with Crippen LogP contribution in [-0.2, 0) is 15.3 Å². The molecule has 0 aliphatic carbocycles. The van der Waals surface area contributed by atoms with E-state index in [0.717, 1.165) is 0 Å². The molecule has 1 fully saturated rings. The number of hydrogen-bond donors (Lipinski definition) is 1. The molecule has 5 heteroatoms. The molecule has 0 bridgehead atoms. The second-order valence-electron chi connectivity index (χ2n) is 5.27. The molecule has 1 aliphatic heterocycles. The summed E-state index contributed by atoms with van der Waals surface area (Å²) in [4.78, 5) is 0. The Morgan fingerprint density at radius 2 is 1.95 bits per heavy atom. The van der Waals surface area contributed by atoms with Crippen LogP contribution in [0.1, 0.15) is 25.3 Å². The highest BCUT2D eigenvalue weighted by Crippen LogP contribution is 2.34. The van der Waals surface area contributed by atoms with Gasteiger partial charge in [0, 0.05) is 24.3 Å². The van der Waals surface area contributed by atoms with Crippen LogP contribution in [0, 0.1) is 5.82 Å². The smallest absolute Gasteiger partial charge is 0.150 e. The number of sulfone groups is 1. The van der Waals surface area contributed by atoms with Crippen LogP contribution >= 0.6 is 0 Å². The predicted molar refractivity (Wildman–Crippen MR) is 74.5 cm³/mol. The van der Waals surface area contributed by atoms with Crippen LogP contribution in [0.2, 0.25) is 0 Å². The van der Waals surface area contributed by atoms with E-state index in [0.29, 0.717) is 31.5 Å². The maximum absolute atomic E-state index is 13.9. The third kappa shape index (κ3) is 3.15. The summed E-state index contributed by atoms with van der Waals surface area (Å²) in [7, 11) is -3.01. The van der Waals surface area contributed by atoms with Crippen molar-refractivity contribution in [1.29, 1.82) is 0 Å². The molecule has 106 valence electrons. The molecule has 3 nitrogen and oxygen atoms in total. The van der Waals surface area contributed by atoms with Gasteiger partial charge in [0.2, 0.25) is 0 Å². The molecule has 0 unspecified atom stereocenters. The Balaban J connectivity index is 2.14. The summed E-state index contributed by atoms with van der Waals surface area (Å²) in [5, 5.41) is 3.13. The standard InChI is InChI=1S/C14H20FNO2S/c1-2-8-19(17,18)9-7-14(10-16-11-14)12-5-3-4-6-13(12)15/h3-6,16H,2,7-11H2,1H3. The van der Waals surface area contributed by atoms with Crippen molar-refractivity contribution in [3.63, 3.8) is 0 Å². The Morgan fingerprint density at radius 3 is 2.47 bits per heavy atom. The first-order valence-electron chi connectivity index (χ1n) is 6.65. The highest BCUT2D eigenvalue weighted by atomic mass is 32.2. The van der Waals surface area contributed by atoms with E-state index in [-0.39, 0.29) is 22.7 Å². The van der Waals surface area contributed by atoms with E-state index in [1.807, 2.05) is 6.92 Å². The van der Waals surface area contributed by atoms with Gasteiger partial charge in [-0.05, 0) is 24.5 Å². The second-order valence-corrected chi connectivity index (χ2v) is 7.57. The molecule has 1 N–H and O–H groups in total. The van der Waals surface area contributed by atoms with Crippen molar-refractivity contribution in [3.8, 4) is 0 Å². The Kier molecular flexibility index (Phi) is 4.26. The normalized spacial score (nSPS) is 18.0. The Labute approximate surface area is 114 Å². The molecule has 0 amide bonds. The molecule has 0 aromatic heterocycles. The molecule has 1 aromatic carbocycles. The van der Waals surface area contributed by atoms with E-state index < -0.39 is 9.84 Å². The molecule has 0 atom stereocenters. The van der Waals surface area contributed by atoms with Gasteiger partial charge in [0.25, 0.3) is 0 Å². The molecular weight excluding hydrogens is 265 g/mol. The van der Waals surface area contributed by atoms with Crippen molar-refractivity contribution in [2.75, 3.05) is 24.6 Å². The number of benzene rings is 1. The van der Waals surface area contributed by atoms with Gasteiger partial charge in [0.15, 0.2) is 0 Å². The number of halogens is 1. The Hall–Kier alpha value is -0.940. The van der Waals surface area contributed by atoms with Gasteiger partial charge in [-0.15, -0.1) is 0 Å².